The van der Waals surface area contributed by atoms with Crippen molar-refractivity contribution in [2.45, 2.75) is 0 Å². The van der Waals surface area contributed by atoms with E-state index in [4.69, 9.17) is 8.83 Å². The number of furan rings is 2. The minimum absolute atomic E-state index is 0.815. The second-order valence-corrected chi connectivity index (χ2v) is 13.8. The van der Waals surface area contributed by atoms with Gasteiger partial charge in [-0.3, -0.25) is 0 Å². The van der Waals surface area contributed by atoms with Crippen molar-refractivity contribution < 1.29 is 8.83 Å². The van der Waals surface area contributed by atoms with Crippen LogP contribution in [0, 0.1) is 0 Å². The largest absolute Gasteiger partial charge is 0.456 e. The zero-order chi connectivity index (χ0) is 35.6. The van der Waals surface area contributed by atoms with Gasteiger partial charge in [0.1, 0.15) is 22.3 Å². The molecule has 0 saturated heterocycles. The third-order valence-electron chi connectivity index (χ3n) is 10.5. The number of benzene rings is 9. The maximum Gasteiger partial charge on any atom is 0.139 e. The van der Waals surface area contributed by atoms with E-state index in [1.54, 1.807) is 0 Å². The summed E-state index contributed by atoms with van der Waals surface area (Å²) in [6, 6.07) is 68.4. The third kappa shape index (κ3) is 5.00. The highest BCUT2D eigenvalue weighted by molar-refractivity contribution is 6.18. The number of anilines is 6. The van der Waals surface area contributed by atoms with Gasteiger partial charge in [-0.1, -0.05) is 84.9 Å². The third-order valence-corrected chi connectivity index (χ3v) is 10.5. The van der Waals surface area contributed by atoms with Crippen molar-refractivity contribution in [3.05, 3.63) is 194 Å². The number of hydrogen-bond donors (Lipinski definition) is 0. The Kier molecular flexibility index (Phi) is 6.82. The first-order valence-electron chi connectivity index (χ1n) is 18.2. The fourth-order valence-corrected chi connectivity index (χ4v) is 7.99. The maximum atomic E-state index is 6.56. The van der Waals surface area contributed by atoms with Crippen molar-refractivity contribution in [2.24, 2.45) is 0 Å². The Morgan fingerprint density at radius 2 is 0.574 bits per heavy atom. The maximum absolute atomic E-state index is 6.56. The van der Waals surface area contributed by atoms with Crippen LogP contribution in [-0.4, -0.2) is 0 Å². The lowest BCUT2D eigenvalue weighted by Crippen LogP contribution is -2.09. The number of hydrogen-bond acceptors (Lipinski definition) is 4. The summed E-state index contributed by atoms with van der Waals surface area (Å²) in [5.74, 6) is 0. The number of nitrogens with zero attached hydrogens (tertiary/aromatic N) is 2. The van der Waals surface area contributed by atoms with Gasteiger partial charge >= 0.3 is 0 Å². The highest BCUT2D eigenvalue weighted by Gasteiger charge is 2.18. The molecule has 0 bridgehead atoms. The van der Waals surface area contributed by atoms with Crippen LogP contribution in [0.2, 0.25) is 0 Å². The van der Waals surface area contributed by atoms with E-state index in [1.165, 1.54) is 0 Å². The van der Waals surface area contributed by atoms with E-state index in [2.05, 4.69) is 204 Å². The number of rotatable bonds is 6. The van der Waals surface area contributed by atoms with Gasteiger partial charge in [0.25, 0.3) is 0 Å². The summed E-state index contributed by atoms with van der Waals surface area (Å²) in [5, 5.41) is 8.91. The predicted molar refractivity (Wildman–Crippen MR) is 225 cm³/mol. The summed E-state index contributed by atoms with van der Waals surface area (Å²) in [4.78, 5) is 4.57. The van der Waals surface area contributed by atoms with Gasteiger partial charge in [-0.25, -0.2) is 0 Å². The van der Waals surface area contributed by atoms with Crippen LogP contribution in [0.3, 0.4) is 0 Å². The van der Waals surface area contributed by atoms with Crippen LogP contribution in [0.4, 0.5) is 34.1 Å². The number of para-hydroxylation sites is 4. The van der Waals surface area contributed by atoms with E-state index in [9.17, 15) is 0 Å². The van der Waals surface area contributed by atoms with E-state index in [0.717, 1.165) is 99.5 Å². The Morgan fingerprint density at radius 1 is 0.241 bits per heavy atom. The average Bonchev–Trinajstić information content (AvgIpc) is 3.75. The molecule has 2 heterocycles. The minimum Gasteiger partial charge on any atom is -0.456 e. The molecule has 11 aromatic rings. The molecule has 0 saturated carbocycles. The van der Waals surface area contributed by atoms with Crippen LogP contribution in [0.1, 0.15) is 0 Å². The quantitative estimate of drug-likeness (QED) is 0.174. The van der Waals surface area contributed by atoms with Gasteiger partial charge < -0.3 is 18.6 Å². The van der Waals surface area contributed by atoms with Gasteiger partial charge in [-0.15, -0.1) is 0 Å². The molecular weight excluding hydrogens is 661 g/mol. The summed E-state index contributed by atoms with van der Waals surface area (Å²) in [5.41, 5.74) is 9.96. The molecule has 54 heavy (non-hydrogen) atoms. The summed E-state index contributed by atoms with van der Waals surface area (Å²) < 4.78 is 13.1. The predicted octanol–water partition coefficient (Wildman–Crippen LogP) is 14.7. The lowest BCUT2D eigenvalue weighted by Gasteiger charge is -2.25. The molecule has 254 valence electrons. The smallest absolute Gasteiger partial charge is 0.139 e. The lowest BCUT2D eigenvalue weighted by molar-refractivity contribution is 0.656. The molecule has 0 aliphatic heterocycles. The summed E-state index contributed by atoms with van der Waals surface area (Å²) in [6.45, 7) is 0. The average molecular weight is 693 g/mol. The zero-order valence-electron chi connectivity index (χ0n) is 29.2. The Hall–Kier alpha value is -7.30. The molecule has 0 atom stereocenters. The van der Waals surface area contributed by atoms with E-state index < -0.39 is 0 Å². The molecule has 0 unspecified atom stereocenters. The van der Waals surface area contributed by atoms with E-state index in [0.29, 0.717) is 0 Å². The van der Waals surface area contributed by atoms with Crippen LogP contribution >= 0.6 is 0 Å². The lowest BCUT2D eigenvalue weighted by atomic mass is 10.0. The molecule has 2 aromatic heterocycles. The second-order valence-electron chi connectivity index (χ2n) is 13.8. The van der Waals surface area contributed by atoms with E-state index >= 15 is 0 Å². The molecule has 0 amide bonds. The van der Waals surface area contributed by atoms with Crippen molar-refractivity contribution in [1.82, 2.24) is 0 Å². The zero-order valence-corrected chi connectivity index (χ0v) is 29.2. The molecule has 4 heteroatoms. The molecule has 0 aliphatic carbocycles. The molecule has 0 aliphatic rings. The van der Waals surface area contributed by atoms with Crippen molar-refractivity contribution >= 4 is 99.5 Å². The Morgan fingerprint density at radius 3 is 0.944 bits per heavy atom. The fourth-order valence-electron chi connectivity index (χ4n) is 7.99. The van der Waals surface area contributed by atoms with Crippen LogP contribution in [0.5, 0.6) is 0 Å². The van der Waals surface area contributed by atoms with Gasteiger partial charge in [-0.05, 0) is 125 Å². The fraction of sp³-hybridized carbons (Fsp3) is 0. The molecule has 0 fully saturated rings. The van der Waals surface area contributed by atoms with Gasteiger partial charge in [0.05, 0.1) is 0 Å². The highest BCUT2D eigenvalue weighted by atomic mass is 16.3. The van der Waals surface area contributed by atoms with Gasteiger partial charge in [0, 0.05) is 61.7 Å². The molecule has 0 N–H and O–H groups in total. The van der Waals surface area contributed by atoms with Gasteiger partial charge in [0.2, 0.25) is 0 Å². The van der Waals surface area contributed by atoms with Crippen molar-refractivity contribution in [3.8, 4) is 0 Å². The summed E-state index contributed by atoms with van der Waals surface area (Å²) in [7, 11) is 0. The topological polar surface area (TPSA) is 32.8 Å². The highest BCUT2D eigenvalue weighted by Crippen LogP contribution is 2.42. The Balaban J connectivity index is 1.01. The first kappa shape index (κ1) is 30.3. The van der Waals surface area contributed by atoms with Gasteiger partial charge in [0.15, 0.2) is 0 Å². The van der Waals surface area contributed by atoms with Crippen LogP contribution in [-0.2, 0) is 0 Å². The van der Waals surface area contributed by atoms with Crippen molar-refractivity contribution in [3.63, 3.8) is 0 Å². The number of fused-ring (bicyclic) bond motifs is 8. The van der Waals surface area contributed by atoms with E-state index in [1.807, 2.05) is 0 Å². The summed E-state index contributed by atoms with van der Waals surface area (Å²) >= 11 is 0. The normalized spacial score (nSPS) is 11.7. The van der Waals surface area contributed by atoms with Crippen LogP contribution in [0.15, 0.2) is 203 Å². The minimum atomic E-state index is 0.815. The Labute approximate surface area is 311 Å². The standard InChI is InChI=1S/C50H32N2O2/c1-5-13-37(14-6-1)51(38-15-7-2-8-16-38)41-23-21-33-27-43-45-31-46-44-28-34-22-24-42(52(39-17-9-3-10-18-39)40-19-11-4-12-20-40)26-36(34)30-48(44)54-50(46)32-49(45)53-47(43)29-35(33)25-41/h1-32H. The van der Waals surface area contributed by atoms with Crippen molar-refractivity contribution in [1.29, 1.82) is 0 Å². The SMILES string of the molecule is c1ccc(N(c2ccccc2)c2ccc3cc4c(cc3c2)oc2cc3oc5cc6cc(N(c7ccccc7)c7ccccc7)ccc6cc5c3cc24)cc1. The Bertz CT molecular complexity index is 2860. The van der Waals surface area contributed by atoms with Crippen LogP contribution < -0.4 is 9.80 Å². The van der Waals surface area contributed by atoms with Crippen LogP contribution in [0.25, 0.3) is 65.4 Å². The first-order chi connectivity index (χ1) is 26.7. The molecule has 4 nitrogen and oxygen atoms in total. The molecule has 9 aromatic carbocycles. The molecular formula is C50H32N2O2. The van der Waals surface area contributed by atoms with Gasteiger partial charge in [-0.2, -0.15) is 0 Å². The molecule has 0 spiro atoms. The monoisotopic (exact) mass is 692 g/mol. The first-order valence-corrected chi connectivity index (χ1v) is 18.2. The molecule has 0 radical (unpaired) electrons. The van der Waals surface area contributed by atoms with E-state index in [-0.39, 0.29) is 0 Å². The van der Waals surface area contributed by atoms with Crippen molar-refractivity contribution in [2.75, 3.05) is 9.80 Å². The second kappa shape index (κ2) is 12.1. The summed E-state index contributed by atoms with van der Waals surface area (Å²) in [6.07, 6.45) is 0. The molecule has 11 rings (SSSR count).